The fraction of sp³-hybridized carbons (Fsp3) is 0.407. The molecule has 0 radical (unpaired) electrons. The number of ketones is 1. The largest absolute Gasteiger partial charge is 0.335 e. The molecule has 37 heavy (non-hydrogen) atoms. The van der Waals surface area contributed by atoms with Gasteiger partial charge in [-0.1, -0.05) is 44.5 Å². The van der Waals surface area contributed by atoms with Crippen LogP contribution in [0, 0.1) is 5.92 Å². The molecule has 1 aliphatic carbocycles. The monoisotopic (exact) mass is 526 g/mol. The van der Waals surface area contributed by atoms with Gasteiger partial charge in [0.15, 0.2) is 0 Å². The first-order valence-corrected chi connectivity index (χ1v) is 14.1. The van der Waals surface area contributed by atoms with Crippen molar-refractivity contribution in [1.29, 1.82) is 0 Å². The van der Waals surface area contributed by atoms with E-state index in [1.54, 1.807) is 25.1 Å². The second kappa shape index (κ2) is 13.1. The van der Waals surface area contributed by atoms with E-state index in [1.165, 1.54) is 18.5 Å². The number of aromatic nitrogens is 2. The molecule has 0 bridgehead atoms. The Labute approximate surface area is 217 Å². The third-order valence-corrected chi connectivity index (χ3v) is 7.91. The number of rotatable bonds is 7. The fourth-order valence-electron chi connectivity index (χ4n) is 4.27. The average Bonchev–Trinajstić information content (AvgIpc) is 2.90. The van der Waals surface area contributed by atoms with E-state index in [4.69, 9.17) is 0 Å². The van der Waals surface area contributed by atoms with Crippen molar-refractivity contribution in [2.24, 2.45) is 5.92 Å². The highest BCUT2D eigenvalue weighted by Gasteiger charge is 2.24. The van der Waals surface area contributed by atoms with Crippen molar-refractivity contribution in [3.8, 4) is 0 Å². The first kappa shape index (κ1) is 28.0. The van der Waals surface area contributed by atoms with Gasteiger partial charge in [-0.05, 0) is 61.4 Å². The van der Waals surface area contributed by atoms with Crippen molar-refractivity contribution < 1.29 is 18.0 Å². The number of para-hydroxylation sites is 1. The molecule has 3 aromatic rings. The molecule has 2 aromatic carbocycles. The third-order valence-electron chi connectivity index (χ3n) is 6.56. The van der Waals surface area contributed by atoms with Crippen LogP contribution in [0.4, 0.5) is 4.79 Å². The number of H-pyrrole nitrogens is 1. The van der Waals surface area contributed by atoms with Crippen molar-refractivity contribution in [3.05, 3.63) is 70.8 Å². The number of benzene rings is 2. The molecule has 0 saturated heterocycles. The highest BCUT2D eigenvalue weighted by molar-refractivity contribution is 7.90. The Morgan fingerprint density at radius 3 is 2.30 bits per heavy atom. The lowest BCUT2D eigenvalue weighted by Crippen LogP contribution is -2.45. The van der Waals surface area contributed by atoms with Gasteiger partial charge in [0.05, 0.1) is 22.1 Å². The molecule has 9 nitrogen and oxygen atoms in total. The molecule has 0 unspecified atom stereocenters. The highest BCUT2D eigenvalue weighted by Crippen LogP contribution is 2.26. The number of amides is 2. The Morgan fingerprint density at radius 1 is 1.00 bits per heavy atom. The number of hydrogen-bond donors (Lipinski definition) is 3. The Bertz CT molecular complexity index is 1360. The fourth-order valence-corrected chi connectivity index (χ4v) is 5.18. The first-order chi connectivity index (χ1) is 17.7. The Kier molecular flexibility index (Phi) is 9.96. The maximum absolute atomic E-state index is 12.3. The highest BCUT2D eigenvalue weighted by atomic mass is 32.2. The summed E-state index contributed by atoms with van der Waals surface area (Å²) in [5, 5.41) is 3.39. The predicted octanol–water partition coefficient (Wildman–Crippen LogP) is 4.09. The minimum Gasteiger partial charge on any atom is -0.335 e. The average molecular weight is 527 g/mol. The standard InChI is InChI=1S/C19H28N2O4S.C8H6N2O/c1-3-14-5-9-16(10-6-14)20-19(23)21-26(24,25)18-11-7-15(8-12-18)13-17(22)4-2;11-8-6-3-1-2-4-7(6)9-5-10-8/h7-8,11-12,14,16H,3-6,9-10,13H2,1-2H3,(H2,20,21,23);1-5H,(H,9,10,11). The number of carbonyl (C=O) groups excluding carboxylic acids is 2. The molecule has 1 fully saturated rings. The van der Waals surface area contributed by atoms with Gasteiger partial charge in [0.1, 0.15) is 5.78 Å². The van der Waals surface area contributed by atoms with E-state index in [0.717, 1.165) is 43.2 Å². The summed E-state index contributed by atoms with van der Waals surface area (Å²) in [6.45, 7) is 3.96. The van der Waals surface area contributed by atoms with E-state index < -0.39 is 16.1 Å². The van der Waals surface area contributed by atoms with Crippen molar-refractivity contribution in [2.45, 2.75) is 69.7 Å². The second-order valence-corrected chi connectivity index (χ2v) is 10.8. The van der Waals surface area contributed by atoms with E-state index in [0.29, 0.717) is 17.7 Å². The topological polar surface area (TPSA) is 138 Å². The normalized spacial score (nSPS) is 17.4. The van der Waals surface area contributed by atoms with Crippen molar-refractivity contribution in [2.75, 3.05) is 0 Å². The van der Waals surface area contributed by atoms with Gasteiger partial charge in [-0.25, -0.2) is 22.9 Å². The van der Waals surface area contributed by atoms with Crippen molar-refractivity contribution in [3.63, 3.8) is 0 Å². The van der Waals surface area contributed by atoms with Gasteiger partial charge in [-0.15, -0.1) is 0 Å². The van der Waals surface area contributed by atoms with Gasteiger partial charge in [0, 0.05) is 18.9 Å². The molecule has 1 aromatic heterocycles. The number of carbonyl (C=O) groups is 2. The molecule has 198 valence electrons. The smallest absolute Gasteiger partial charge is 0.328 e. The van der Waals surface area contributed by atoms with Gasteiger partial charge in [0.2, 0.25) is 0 Å². The number of sulfonamides is 1. The quantitative estimate of drug-likeness (QED) is 0.424. The molecule has 10 heteroatoms. The molecule has 0 atom stereocenters. The van der Waals surface area contributed by atoms with Crippen molar-refractivity contribution in [1.82, 2.24) is 20.0 Å². The van der Waals surface area contributed by atoms with Crippen LogP contribution >= 0.6 is 0 Å². The minimum absolute atomic E-state index is 0.00930. The van der Waals surface area contributed by atoms with Gasteiger partial charge in [-0.3, -0.25) is 9.59 Å². The molecule has 1 aliphatic rings. The van der Waals surface area contributed by atoms with Crippen LogP contribution in [0.3, 0.4) is 0 Å². The van der Waals surface area contributed by atoms with E-state index >= 15 is 0 Å². The summed E-state index contributed by atoms with van der Waals surface area (Å²) in [6.07, 6.45) is 7.17. The van der Waals surface area contributed by atoms with Crippen LogP contribution in [0.2, 0.25) is 0 Å². The SMILES string of the molecule is CCC(=O)Cc1ccc(S(=O)(=O)NC(=O)NC2CCC(CC)CC2)cc1.O=c1[nH]cnc2ccccc12. The van der Waals surface area contributed by atoms with Crippen LogP contribution in [0.5, 0.6) is 0 Å². The summed E-state index contributed by atoms with van der Waals surface area (Å²) in [4.78, 5) is 41.1. The summed E-state index contributed by atoms with van der Waals surface area (Å²) >= 11 is 0. The molecule has 2 amide bonds. The summed E-state index contributed by atoms with van der Waals surface area (Å²) in [7, 11) is -3.92. The number of nitrogens with zero attached hydrogens (tertiary/aromatic N) is 1. The van der Waals surface area contributed by atoms with E-state index in [9.17, 15) is 22.8 Å². The Hall–Kier alpha value is -3.53. The number of hydrogen-bond acceptors (Lipinski definition) is 6. The van der Waals surface area contributed by atoms with Crippen LogP contribution in [0.1, 0.15) is 57.9 Å². The summed E-state index contributed by atoms with van der Waals surface area (Å²) < 4.78 is 26.7. The maximum atomic E-state index is 12.3. The maximum Gasteiger partial charge on any atom is 0.328 e. The van der Waals surface area contributed by atoms with Gasteiger partial charge < -0.3 is 10.3 Å². The summed E-state index contributed by atoms with van der Waals surface area (Å²) in [5.74, 6) is 0.800. The second-order valence-electron chi connectivity index (χ2n) is 9.17. The third kappa shape index (κ3) is 8.24. The van der Waals surface area contributed by atoms with Gasteiger partial charge >= 0.3 is 6.03 Å². The lowest BCUT2D eigenvalue weighted by atomic mass is 9.85. The molecule has 3 N–H and O–H groups in total. The summed E-state index contributed by atoms with van der Waals surface area (Å²) in [5.41, 5.74) is 1.40. The molecular weight excluding hydrogens is 492 g/mol. The lowest BCUT2D eigenvalue weighted by molar-refractivity contribution is -0.118. The van der Waals surface area contributed by atoms with Gasteiger partial charge in [0.25, 0.3) is 15.6 Å². The Morgan fingerprint density at radius 2 is 1.68 bits per heavy atom. The van der Waals surface area contributed by atoms with Gasteiger partial charge in [-0.2, -0.15) is 0 Å². The zero-order chi connectivity index (χ0) is 26.8. The van der Waals surface area contributed by atoms with Crippen LogP contribution in [0.25, 0.3) is 10.9 Å². The van der Waals surface area contributed by atoms with Crippen LogP contribution in [0.15, 0.2) is 64.5 Å². The molecule has 1 saturated carbocycles. The summed E-state index contributed by atoms with van der Waals surface area (Å²) in [6, 6.07) is 12.6. The first-order valence-electron chi connectivity index (χ1n) is 12.6. The zero-order valence-corrected chi connectivity index (χ0v) is 22.0. The zero-order valence-electron chi connectivity index (χ0n) is 21.2. The minimum atomic E-state index is -3.92. The number of nitrogens with one attached hydrogen (secondary N) is 3. The molecule has 1 heterocycles. The predicted molar refractivity (Wildman–Crippen MR) is 143 cm³/mol. The number of Topliss-reactive ketones (excluding diaryl/α,β-unsaturated/α-hetero) is 1. The molecule has 4 rings (SSSR count). The van der Waals surface area contributed by atoms with Crippen LogP contribution in [-0.2, 0) is 21.2 Å². The van der Waals surface area contributed by atoms with Crippen LogP contribution < -0.4 is 15.6 Å². The van der Waals surface area contributed by atoms with E-state index in [-0.39, 0.29) is 28.7 Å². The lowest BCUT2D eigenvalue weighted by Gasteiger charge is -2.28. The molecular formula is C27H34N4O5S. The van der Waals surface area contributed by atoms with Crippen molar-refractivity contribution >= 4 is 32.7 Å². The molecule has 0 spiro atoms. The van der Waals surface area contributed by atoms with Crippen LogP contribution in [-0.4, -0.2) is 36.2 Å². The number of urea groups is 1. The molecule has 0 aliphatic heterocycles. The number of aromatic amines is 1. The number of fused-ring (bicyclic) bond motifs is 1. The van der Waals surface area contributed by atoms with E-state index in [1.807, 2.05) is 18.2 Å². The van der Waals surface area contributed by atoms with E-state index in [2.05, 4.69) is 26.9 Å². The Balaban J connectivity index is 0.000000284.